The first-order valence-electron chi connectivity index (χ1n) is 11.0. The number of benzene rings is 3. The molecule has 3 aromatic rings. The largest absolute Gasteiger partial charge is 0.494 e. The van der Waals surface area contributed by atoms with E-state index in [2.05, 4.69) is 47.7 Å². The molecule has 186 valence electrons. The van der Waals surface area contributed by atoms with Crippen molar-refractivity contribution in [1.29, 1.82) is 0 Å². The summed E-state index contributed by atoms with van der Waals surface area (Å²) < 4.78 is 12.6. The van der Waals surface area contributed by atoms with Crippen molar-refractivity contribution < 1.29 is 23.9 Å². The molecule has 2 N–H and O–H groups in total. The summed E-state index contributed by atoms with van der Waals surface area (Å²) in [6.45, 7) is 2.35. The molecular weight excluding hydrogens is 594 g/mol. The molecule has 0 fully saturated rings. The number of hydrogen-bond acceptors (Lipinski definition) is 6. The lowest BCUT2D eigenvalue weighted by Gasteiger charge is -2.09. The first kappa shape index (κ1) is 27.1. The highest BCUT2D eigenvalue weighted by Gasteiger charge is 2.12. The molecule has 0 heterocycles. The summed E-state index contributed by atoms with van der Waals surface area (Å²) in [6, 6.07) is 18.5. The van der Waals surface area contributed by atoms with Crippen LogP contribution in [0.1, 0.15) is 39.6 Å². The molecule has 0 aliphatic carbocycles. The van der Waals surface area contributed by atoms with Crippen molar-refractivity contribution in [2.24, 2.45) is 5.10 Å². The van der Waals surface area contributed by atoms with Crippen LogP contribution in [-0.2, 0) is 4.79 Å². The van der Waals surface area contributed by atoms with Crippen LogP contribution in [0.5, 0.6) is 11.5 Å². The van der Waals surface area contributed by atoms with Crippen molar-refractivity contribution in [1.82, 2.24) is 10.7 Å². The zero-order chi connectivity index (χ0) is 25.9. The first-order valence-corrected chi connectivity index (χ1v) is 12.5. The molecule has 10 heteroatoms. The Labute approximate surface area is 225 Å². The Morgan fingerprint density at radius 3 is 2.42 bits per heavy atom. The highest BCUT2D eigenvalue weighted by atomic mass is 79.9. The van der Waals surface area contributed by atoms with Crippen molar-refractivity contribution in [2.75, 3.05) is 13.2 Å². The number of esters is 1. The van der Waals surface area contributed by atoms with Gasteiger partial charge in [-0.2, -0.15) is 5.10 Å². The predicted molar refractivity (Wildman–Crippen MR) is 144 cm³/mol. The molecule has 3 aromatic carbocycles. The lowest BCUT2D eigenvalue weighted by Crippen LogP contribution is -2.34. The molecule has 36 heavy (non-hydrogen) atoms. The summed E-state index contributed by atoms with van der Waals surface area (Å²) in [5, 5.41) is 6.44. The molecule has 0 aliphatic rings. The number of hydrazone groups is 1. The van der Waals surface area contributed by atoms with Crippen LogP contribution in [0.15, 0.2) is 80.8 Å². The summed E-state index contributed by atoms with van der Waals surface area (Å²) >= 11 is 6.67. The second-order valence-electron chi connectivity index (χ2n) is 7.43. The van der Waals surface area contributed by atoms with Crippen molar-refractivity contribution in [2.45, 2.75) is 13.3 Å². The third-order valence-electron chi connectivity index (χ3n) is 4.63. The van der Waals surface area contributed by atoms with E-state index < -0.39 is 11.9 Å². The number of rotatable bonds is 10. The van der Waals surface area contributed by atoms with Crippen molar-refractivity contribution in [3.05, 3.63) is 92.4 Å². The zero-order valence-electron chi connectivity index (χ0n) is 19.3. The SMILES string of the molecule is CCCOc1ccc(C(=O)Oc2ccc(Br)cc2/C=N\NC(=O)CNC(=O)c2cccc(Br)c2)cc1. The van der Waals surface area contributed by atoms with Gasteiger partial charge in [0, 0.05) is 20.1 Å². The van der Waals surface area contributed by atoms with Gasteiger partial charge in [0.15, 0.2) is 0 Å². The van der Waals surface area contributed by atoms with Gasteiger partial charge in [0.2, 0.25) is 0 Å². The fraction of sp³-hybridized carbons (Fsp3) is 0.154. The molecule has 0 radical (unpaired) electrons. The predicted octanol–water partition coefficient (Wildman–Crippen LogP) is 5.10. The van der Waals surface area contributed by atoms with E-state index in [1.54, 1.807) is 66.7 Å². The van der Waals surface area contributed by atoms with Gasteiger partial charge < -0.3 is 14.8 Å². The van der Waals surface area contributed by atoms with Gasteiger partial charge in [0.1, 0.15) is 11.5 Å². The van der Waals surface area contributed by atoms with Gasteiger partial charge in [0.25, 0.3) is 11.8 Å². The van der Waals surface area contributed by atoms with E-state index in [-0.39, 0.29) is 18.2 Å². The number of amides is 2. The summed E-state index contributed by atoms with van der Waals surface area (Å²) in [5.74, 6) is -0.521. The summed E-state index contributed by atoms with van der Waals surface area (Å²) in [7, 11) is 0. The fourth-order valence-corrected chi connectivity index (χ4v) is 3.66. The topological polar surface area (TPSA) is 106 Å². The Hall–Kier alpha value is -3.50. The Morgan fingerprint density at radius 2 is 1.69 bits per heavy atom. The maximum atomic E-state index is 12.6. The number of carbonyl (C=O) groups is 3. The monoisotopic (exact) mass is 615 g/mol. The minimum atomic E-state index is -0.548. The van der Waals surface area contributed by atoms with Crippen LogP contribution >= 0.6 is 31.9 Å². The molecule has 0 spiro atoms. The van der Waals surface area contributed by atoms with Gasteiger partial charge in [-0.1, -0.05) is 44.8 Å². The van der Waals surface area contributed by atoms with Gasteiger partial charge in [-0.15, -0.1) is 0 Å². The second kappa shape index (κ2) is 13.6. The van der Waals surface area contributed by atoms with E-state index in [9.17, 15) is 14.4 Å². The summed E-state index contributed by atoms with van der Waals surface area (Å²) in [5.41, 5.74) is 3.58. The quantitative estimate of drug-likeness (QED) is 0.143. The number of ether oxygens (including phenoxy) is 2. The van der Waals surface area contributed by atoms with E-state index in [0.29, 0.717) is 29.0 Å². The maximum Gasteiger partial charge on any atom is 0.343 e. The Kier molecular flexibility index (Phi) is 10.2. The second-order valence-corrected chi connectivity index (χ2v) is 9.26. The van der Waals surface area contributed by atoms with Crippen molar-refractivity contribution in [3.63, 3.8) is 0 Å². The van der Waals surface area contributed by atoms with E-state index in [0.717, 1.165) is 15.4 Å². The minimum absolute atomic E-state index is 0.260. The van der Waals surface area contributed by atoms with Gasteiger partial charge >= 0.3 is 5.97 Å². The number of hydrogen-bond donors (Lipinski definition) is 2. The normalized spacial score (nSPS) is 10.6. The number of halogens is 2. The van der Waals surface area contributed by atoms with Gasteiger partial charge in [-0.25, -0.2) is 10.2 Å². The van der Waals surface area contributed by atoms with Crippen LogP contribution in [0.3, 0.4) is 0 Å². The summed E-state index contributed by atoms with van der Waals surface area (Å²) in [4.78, 5) is 36.9. The molecule has 3 rings (SSSR count). The van der Waals surface area contributed by atoms with E-state index in [1.807, 2.05) is 6.92 Å². The first-order chi connectivity index (χ1) is 17.4. The number of nitrogens with zero attached hydrogens (tertiary/aromatic N) is 1. The van der Waals surface area contributed by atoms with Crippen LogP contribution in [0.4, 0.5) is 0 Å². The van der Waals surface area contributed by atoms with Crippen molar-refractivity contribution in [3.8, 4) is 11.5 Å². The Bertz CT molecular complexity index is 1260. The molecule has 2 amide bonds. The molecular formula is C26H23Br2N3O5. The van der Waals surface area contributed by atoms with E-state index >= 15 is 0 Å². The third-order valence-corrected chi connectivity index (χ3v) is 5.61. The van der Waals surface area contributed by atoms with Crippen LogP contribution in [0, 0.1) is 0 Å². The number of nitrogens with one attached hydrogen (secondary N) is 2. The molecule has 0 aromatic heterocycles. The van der Waals surface area contributed by atoms with Gasteiger partial charge in [-0.3, -0.25) is 9.59 Å². The van der Waals surface area contributed by atoms with Crippen LogP contribution in [0.2, 0.25) is 0 Å². The highest BCUT2D eigenvalue weighted by molar-refractivity contribution is 9.10. The maximum absolute atomic E-state index is 12.6. The average Bonchev–Trinajstić information content (AvgIpc) is 2.87. The van der Waals surface area contributed by atoms with Gasteiger partial charge in [-0.05, 0) is 67.1 Å². The fourth-order valence-electron chi connectivity index (χ4n) is 2.88. The lowest BCUT2D eigenvalue weighted by atomic mass is 10.2. The molecule has 0 saturated heterocycles. The zero-order valence-corrected chi connectivity index (χ0v) is 22.5. The lowest BCUT2D eigenvalue weighted by molar-refractivity contribution is -0.120. The Morgan fingerprint density at radius 1 is 0.944 bits per heavy atom. The van der Waals surface area contributed by atoms with E-state index in [1.165, 1.54) is 6.21 Å². The summed E-state index contributed by atoms with van der Waals surface area (Å²) in [6.07, 6.45) is 2.24. The standard InChI is InChI=1S/C26H23Br2N3O5/c1-2-12-35-22-9-6-17(7-10-22)26(34)36-23-11-8-21(28)14-19(23)15-30-31-24(32)16-29-25(33)18-4-3-5-20(27)13-18/h3-11,13-15H,2,12,16H2,1H3,(H,29,33)(H,31,32)/b30-15-. The molecule has 0 bridgehead atoms. The third kappa shape index (κ3) is 8.31. The molecule has 8 nitrogen and oxygen atoms in total. The molecule has 0 aliphatic heterocycles. The molecule has 0 unspecified atom stereocenters. The van der Waals surface area contributed by atoms with Crippen LogP contribution in [-0.4, -0.2) is 37.1 Å². The van der Waals surface area contributed by atoms with Crippen LogP contribution in [0.25, 0.3) is 0 Å². The minimum Gasteiger partial charge on any atom is -0.494 e. The van der Waals surface area contributed by atoms with E-state index in [4.69, 9.17) is 9.47 Å². The average molecular weight is 617 g/mol. The highest BCUT2D eigenvalue weighted by Crippen LogP contribution is 2.23. The van der Waals surface area contributed by atoms with Crippen LogP contribution < -0.4 is 20.2 Å². The van der Waals surface area contributed by atoms with Crippen molar-refractivity contribution >= 4 is 55.9 Å². The smallest absolute Gasteiger partial charge is 0.343 e. The molecule has 0 atom stereocenters. The molecule has 0 saturated carbocycles. The van der Waals surface area contributed by atoms with Gasteiger partial charge in [0.05, 0.1) is 24.9 Å². The number of carbonyl (C=O) groups excluding carboxylic acids is 3. The Balaban J connectivity index is 1.58.